The fourth-order valence-electron chi connectivity index (χ4n) is 1.96. The van der Waals surface area contributed by atoms with E-state index in [0.717, 1.165) is 17.8 Å². The van der Waals surface area contributed by atoms with Crippen molar-refractivity contribution in [1.29, 1.82) is 0 Å². The first-order chi connectivity index (χ1) is 8.43. The third-order valence-corrected chi connectivity index (χ3v) is 2.88. The standard InChI is InChI=1S/C16H12N.Ir/c1-2-7-14(8-3-1)16-11-10-13-6-4-5-9-15(13)12-17-16;/h1-7,9-11H,12H2;/q-1;. The molecule has 0 bridgehead atoms. The van der Waals surface area contributed by atoms with Crippen molar-refractivity contribution in [3.63, 3.8) is 0 Å². The van der Waals surface area contributed by atoms with Gasteiger partial charge in [0.2, 0.25) is 0 Å². The molecule has 0 unspecified atom stereocenters. The predicted molar refractivity (Wildman–Crippen MR) is 71.0 cm³/mol. The normalized spacial score (nSPS) is 13.0. The zero-order chi connectivity index (χ0) is 11.5. The van der Waals surface area contributed by atoms with E-state index in [-0.39, 0.29) is 20.1 Å². The molecule has 0 aliphatic carbocycles. The van der Waals surface area contributed by atoms with E-state index in [1.807, 2.05) is 24.3 Å². The summed E-state index contributed by atoms with van der Waals surface area (Å²) >= 11 is 0. The number of fused-ring (bicyclic) bond motifs is 1. The maximum Gasteiger partial charge on any atom is 0.0545 e. The molecule has 2 aromatic carbocycles. The van der Waals surface area contributed by atoms with Crippen LogP contribution < -0.4 is 0 Å². The molecule has 0 saturated heterocycles. The molecule has 2 aromatic rings. The third kappa shape index (κ3) is 2.66. The summed E-state index contributed by atoms with van der Waals surface area (Å²) in [5, 5.41) is 0. The van der Waals surface area contributed by atoms with Crippen molar-refractivity contribution in [1.82, 2.24) is 0 Å². The number of hydrogen-bond acceptors (Lipinski definition) is 1. The summed E-state index contributed by atoms with van der Waals surface area (Å²) in [6, 6.07) is 19.5. The van der Waals surface area contributed by atoms with Gasteiger partial charge in [-0.15, -0.1) is 35.9 Å². The zero-order valence-electron chi connectivity index (χ0n) is 9.76. The molecular weight excluding hydrogens is 398 g/mol. The molecule has 1 aliphatic rings. The maximum atomic E-state index is 4.63. The van der Waals surface area contributed by atoms with Crippen molar-refractivity contribution in [2.45, 2.75) is 6.54 Å². The number of benzene rings is 2. The molecule has 0 N–H and O–H groups in total. The van der Waals surface area contributed by atoms with Gasteiger partial charge in [-0.1, -0.05) is 36.4 Å². The Balaban J connectivity index is 0.00000120. The van der Waals surface area contributed by atoms with E-state index in [9.17, 15) is 0 Å². The molecule has 2 heteroatoms. The SMILES string of the molecule is [Ir].[c-]1ccccc1C1=NCc2ccccc2C=C1. The molecule has 0 aromatic heterocycles. The summed E-state index contributed by atoms with van der Waals surface area (Å²) in [7, 11) is 0. The average molecular weight is 410 g/mol. The van der Waals surface area contributed by atoms with Crippen molar-refractivity contribution in [2.75, 3.05) is 0 Å². The Bertz CT molecular complexity index is 585. The van der Waals surface area contributed by atoms with Gasteiger partial charge in [0, 0.05) is 20.1 Å². The number of aliphatic imine (C=N–C) groups is 1. The number of nitrogens with zero attached hydrogens (tertiary/aromatic N) is 1. The Labute approximate surface area is 121 Å². The maximum absolute atomic E-state index is 4.63. The van der Waals surface area contributed by atoms with Crippen molar-refractivity contribution in [3.05, 3.63) is 77.4 Å². The molecule has 1 radical (unpaired) electrons. The Morgan fingerprint density at radius 3 is 2.61 bits per heavy atom. The fourth-order valence-corrected chi connectivity index (χ4v) is 1.96. The largest absolute Gasteiger partial charge is 0.328 e. The van der Waals surface area contributed by atoms with Crippen LogP contribution in [0.25, 0.3) is 6.08 Å². The number of allylic oxidation sites excluding steroid dienone is 1. The molecule has 0 spiro atoms. The molecule has 1 nitrogen and oxygen atoms in total. The van der Waals surface area contributed by atoms with Crippen LogP contribution in [0.3, 0.4) is 0 Å². The monoisotopic (exact) mass is 411 g/mol. The van der Waals surface area contributed by atoms with E-state index in [4.69, 9.17) is 0 Å². The molecule has 1 heterocycles. The summed E-state index contributed by atoms with van der Waals surface area (Å²) in [6.07, 6.45) is 4.19. The van der Waals surface area contributed by atoms with Gasteiger partial charge in [0.05, 0.1) is 6.54 Å². The molecule has 18 heavy (non-hydrogen) atoms. The van der Waals surface area contributed by atoms with E-state index in [2.05, 4.69) is 47.5 Å². The Kier molecular flexibility index (Phi) is 4.24. The van der Waals surface area contributed by atoms with Crippen molar-refractivity contribution in [2.24, 2.45) is 4.99 Å². The third-order valence-electron chi connectivity index (χ3n) is 2.88. The first-order valence-electron chi connectivity index (χ1n) is 5.71. The summed E-state index contributed by atoms with van der Waals surface area (Å²) in [6.45, 7) is 0.737. The van der Waals surface area contributed by atoms with E-state index in [0.29, 0.717) is 0 Å². The molecule has 0 atom stereocenters. The molecule has 0 fully saturated rings. The van der Waals surface area contributed by atoms with Gasteiger partial charge in [-0.2, -0.15) is 0 Å². The van der Waals surface area contributed by atoms with Gasteiger partial charge < -0.3 is 4.99 Å². The van der Waals surface area contributed by atoms with E-state index in [1.165, 1.54) is 11.1 Å². The Morgan fingerprint density at radius 2 is 1.78 bits per heavy atom. The minimum Gasteiger partial charge on any atom is -0.328 e. The number of rotatable bonds is 1. The van der Waals surface area contributed by atoms with Gasteiger partial charge >= 0.3 is 0 Å². The second-order valence-corrected chi connectivity index (χ2v) is 4.01. The molecular formula is C16H12IrN-. The van der Waals surface area contributed by atoms with Crippen LogP contribution in [0.4, 0.5) is 0 Å². The fraction of sp³-hybridized carbons (Fsp3) is 0.0625. The summed E-state index contributed by atoms with van der Waals surface area (Å²) in [5.74, 6) is 0. The predicted octanol–water partition coefficient (Wildman–Crippen LogP) is 3.50. The van der Waals surface area contributed by atoms with Gasteiger partial charge in [0.25, 0.3) is 0 Å². The van der Waals surface area contributed by atoms with E-state index in [1.54, 1.807) is 0 Å². The van der Waals surface area contributed by atoms with Crippen LogP contribution in [0.15, 0.2) is 59.6 Å². The van der Waals surface area contributed by atoms with Gasteiger partial charge in [-0.3, -0.25) is 0 Å². The van der Waals surface area contributed by atoms with Gasteiger partial charge in [-0.05, 0) is 16.8 Å². The van der Waals surface area contributed by atoms with Crippen molar-refractivity contribution < 1.29 is 20.1 Å². The topological polar surface area (TPSA) is 12.4 Å². The van der Waals surface area contributed by atoms with Crippen LogP contribution in [0, 0.1) is 6.07 Å². The van der Waals surface area contributed by atoms with Crippen molar-refractivity contribution >= 4 is 11.8 Å². The van der Waals surface area contributed by atoms with Crippen LogP contribution in [-0.4, -0.2) is 5.71 Å². The second kappa shape index (κ2) is 5.90. The minimum atomic E-state index is 0. The molecule has 91 valence electrons. The van der Waals surface area contributed by atoms with Crippen LogP contribution in [0.2, 0.25) is 0 Å². The summed E-state index contributed by atoms with van der Waals surface area (Å²) in [4.78, 5) is 4.63. The van der Waals surface area contributed by atoms with Crippen LogP contribution >= 0.6 is 0 Å². The van der Waals surface area contributed by atoms with Gasteiger partial charge in [0.1, 0.15) is 0 Å². The zero-order valence-corrected chi connectivity index (χ0v) is 12.2. The summed E-state index contributed by atoms with van der Waals surface area (Å²) in [5.41, 5.74) is 4.58. The molecule has 1 aliphatic heterocycles. The van der Waals surface area contributed by atoms with Crippen molar-refractivity contribution in [3.8, 4) is 0 Å². The van der Waals surface area contributed by atoms with Crippen LogP contribution in [-0.2, 0) is 26.7 Å². The smallest absolute Gasteiger partial charge is 0.0545 e. The van der Waals surface area contributed by atoms with Crippen LogP contribution in [0.5, 0.6) is 0 Å². The second-order valence-electron chi connectivity index (χ2n) is 4.01. The molecule has 0 amide bonds. The summed E-state index contributed by atoms with van der Waals surface area (Å²) < 4.78 is 0. The quantitative estimate of drug-likeness (QED) is 0.638. The first-order valence-corrected chi connectivity index (χ1v) is 5.71. The molecule has 0 saturated carbocycles. The average Bonchev–Trinajstić information content (AvgIpc) is 2.62. The Morgan fingerprint density at radius 1 is 0.944 bits per heavy atom. The first kappa shape index (κ1) is 12.9. The minimum absolute atomic E-state index is 0. The van der Waals surface area contributed by atoms with E-state index >= 15 is 0 Å². The molecule has 3 rings (SSSR count). The Hall–Kier alpha value is -1.50. The van der Waals surface area contributed by atoms with Crippen LogP contribution in [0.1, 0.15) is 16.7 Å². The number of hydrogen-bond donors (Lipinski definition) is 0. The van der Waals surface area contributed by atoms with Gasteiger partial charge in [-0.25, -0.2) is 0 Å². The van der Waals surface area contributed by atoms with Gasteiger partial charge in [0.15, 0.2) is 0 Å². The van der Waals surface area contributed by atoms with E-state index < -0.39 is 0 Å².